The van der Waals surface area contributed by atoms with Crippen molar-refractivity contribution in [2.24, 2.45) is 5.10 Å². The molecule has 2 aromatic carbocycles. The highest BCUT2D eigenvalue weighted by Gasteiger charge is 2.41. The summed E-state index contributed by atoms with van der Waals surface area (Å²) in [5.41, 5.74) is 5.73. The molecule has 3 heterocycles. The molecule has 5 heteroatoms. The predicted octanol–water partition coefficient (Wildman–Crippen LogP) is 5.39. The van der Waals surface area contributed by atoms with Crippen LogP contribution in [-0.4, -0.2) is 15.7 Å². The summed E-state index contributed by atoms with van der Waals surface area (Å²) >= 11 is 3.60. The zero-order valence-electron chi connectivity index (χ0n) is 14.8. The Bertz CT molecular complexity index is 1020. The third kappa shape index (κ3) is 2.92. The number of benzene rings is 2. The normalized spacial score (nSPS) is 20.5. The molecule has 0 fully saturated rings. The smallest absolute Gasteiger partial charge is 0.213 e. The summed E-state index contributed by atoms with van der Waals surface area (Å²) in [6.45, 7) is 2.10. The Kier molecular flexibility index (Phi) is 3.97. The molecule has 0 radical (unpaired) electrons. The molecule has 0 saturated carbocycles. The summed E-state index contributed by atoms with van der Waals surface area (Å²) in [4.78, 5) is 4.14. The summed E-state index contributed by atoms with van der Waals surface area (Å²) in [5.74, 6) is 0.918. The summed E-state index contributed by atoms with van der Waals surface area (Å²) in [5, 5.41) is 7.08. The van der Waals surface area contributed by atoms with Crippen LogP contribution in [-0.2, 0) is 0 Å². The van der Waals surface area contributed by atoms with Gasteiger partial charge in [-0.1, -0.05) is 45.8 Å². The van der Waals surface area contributed by atoms with Crippen molar-refractivity contribution in [1.29, 1.82) is 0 Å². The van der Waals surface area contributed by atoms with Gasteiger partial charge in [-0.05, 0) is 42.8 Å². The van der Waals surface area contributed by atoms with Crippen LogP contribution in [0.1, 0.15) is 40.9 Å². The van der Waals surface area contributed by atoms with E-state index in [1.54, 1.807) is 12.4 Å². The molecule has 1 aromatic heterocycles. The summed E-state index contributed by atoms with van der Waals surface area (Å²) < 4.78 is 7.41. The molecule has 2 aliphatic rings. The van der Waals surface area contributed by atoms with Crippen molar-refractivity contribution >= 4 is 21.6 Å². The van der Waals surface area contributed by atoms with E-state index >= 15 is 0 Å². The molecule has 2 aliphatic heterocycles. The highest BCUT2D eigenvalue weighted by atomic mass is 79.9. The van der Waals surface area contributed by atoms with Crippen LogP contribution < -0.4 is 4.74 Å². The van der Waals surface area contributed by atoms with Crippen molar-refractivity contribution in [2.75, 3.05) is 0 Å². The number of halogens is 1. The van der Waals surface area contributed by atoms with Gasteiger partial charge in [0.1, 0.15) is 5.75 Å². The van der Waals surface area contributed by atoms with Crippen LogP contribution >= 0.6 is 15.9 Å². The molecular formula is C22H18BrN3O. The highest BCUT2D eigenvalue weighted by molar-refractivity contribution is 9.10. The third-order valence-corrected chi connectivity index (χ3v) is 5.62. The van der Waals surface area contributed by atoms with Crippen LogP contribution in [0.5, 0.6) is 5.75 Å². The first-order valence-corrected chi connectivity index (χ1v) is 9.77. The van der Waals surface area contributed by atoms with Gasteiger partial charge in [0.25, 0.3) is 0 Å². The molecule has 0 spiro atoms. The van der Waals surface area contributed by atoms with Gasteiger partial charge in [-0.15, -0.1) is 0 Å². The van der Waals surface area contributed by atoms with Crippen molar-refractivity contribution < 1.29 is 4.74 Å². The molecule has 2 atom stereocenters. The van der Waals surface area contributed by atoms with Gasteiger partial charge >= 0.3 is 0 Å². The van der Waals surface area contributed by atoms with E-state index in [1.807, 2.05) is 24.3 Å². The summed E-state index contributed by atoms with van der Waals surface area (Å²) in [6.07, 6.45) is 4.20. The van der Waals surface area contributed by atoms with Gasteiger partial charge in [0.15, 0.2) is 0 Å². The standard InChI is InChI=1S/C22H18BrN3O/c1-14-2-4-15(5-3-14)19-13-20-18-12-17(23)6-7-21(18)27-22(26(20)25-19)16-8-10-24-11-9-16/h2-12,20,22H,13H2,1H3/t20-,22-/m0/s1. The molecule has 0 unspecified atom stereocenters. The zero-order valence-corrected chi connectivity index (χ0v) is 16.4. The molecule has 0 aliphatic carbocycles. The average Bonchev–Trinajstić information content (AvgIpc) is 3.14. The monoisotopic (exact) mass is 419 g/mol. The van der Waals surface area contributed by atoms with Gasteiger partial charge in [-0.25, -0.2) is 5.01 Å². The first kappa shape index (κ1) is 16.5. The largest absolute Gasteiger partial charge is 0.464 e. The number of hydrogen-bond donors (Lipinski definition) is 0. The average molecular weight is 420 g/mol. The Balaban J connectivity index is 1.60. The molecule has 4 nitrogen and oxygen atoms in total. The van der Waals surface area contributed by atoms with E-state index in [9.17, 15) is 0 Å². The van der Waals surface area contributed by atoms with E-state index < -0.39 is 0 Å². The Morgan fingerprint density at radius 2 is 1.81 bits per heavy atom. The topological polar surface area (TPSA) is 37.7 Å². The number of ether oxygens (including phenoxy) is 1. The van der Waals surface area contributed by atoms with E-state index in [-0.39, 0.29) is 12.3 Å². The zero-order chi connectivity index (χ0) is 18.4. The Labute approximate surface area is 166 Å². The lowest BCUT2D eigenvalue weighted by Crippen LogP contribution is -2.33. The van der Waals surface area contributed by atoms with Crippen LogP contribution in [0.25, 0.3) is 0 Å². The Morgan fingerprint density at radius 3 is 2.59 bits per heavy atom. The quantitative estimate of drug-likeness (QED) is 0.558. The number of hydrazone groups is 1. The molecule has 0 saturated heterocycles. The fourth-order valence-electron chi connectivity index (χ4n) is 3.73. The van der Waals surface area contributed by atoms with Gasteiger partial charge in [-0.3, -0.25) is 4.98 Å². The number of fused-ring (bicyclic) bond motifs is 3. The van der Waals surface area contributed by atoms with Crippen LogP contribution in [0.3, 0.4) is 0 Å². The summed E-state index contributed by atoms with van der Waals surface area (Å²) in [7, 11) is 0. The van der Waals surface area contributed by atoms with Crippen LogP contribution in [0, 0.1) is 6.92 Å². The van der Waals surface area contributed by atoms with E-state index in [0.29, 0.717) is 0 Å². The second-order valence-electron chi connectivity index (χ2n) is 6.95. The molecular weight excluding hydrogens is 402 g/mol. The predicted molar refractivity (Wildman–Crippen MR) is 109 cm³/mol. The molecule has 27 heavy (non-hydrogen) atoms. The second-order valence-corrected chi connectivity index (χ2v) is 7.86. The maximum Gasteiger partial charge on any atom is 0.213 e. The van der Waals surface area contributed by atoms with Crippen LogP contribution in [0.4, 0.5) is 0 Å². The highest BCUT2D eigenvalue weighted by Crippen LogP contribution is 2.48. The molecule has 0 N–H and O–H groups in total. The van der Waals surface area contributed by atoms with Crippen molar-refractivity contribution in [2.45, 2.75) is 25.6 Å². The first-order valence-electron chi connectivity index (χ1n) is 8.98. The number of hydrogen-bond acceptors (Lipinski definition) is 4. The van der Waals surface area contributed by atoms with Crippen molar-refractivity contribution in [3.63, 3.8) is 0 Å². The second kappa shape index (κ2) is 6.50. The Morgan fingerprint density at radius 1 is 1.04 bits per heavy atom. The third-order valence-electron chi connectivity index (χ3n) is 5.13. The van der Waals surface area contributed by atoms with Gasteiger partial charge in [0, 0.05) is 34.4 Å². The SMILES string of the molecule is Cc1ccc(C2=NN3[C@@H](C2)c2cc(Br)ccc2O[C@H]3c2ccncc2)cc1. The molecule has 0 bridgehead atoms. The number of aryl methyl sites for hydroxylation is 1. The number of nitrogens with zero attached hydrogens (tertiary/aromatic N) is 3. The van der Waals surface area contributed by atoms with Crippen molar-refractivity contribution in [3.8, 4) is 5.75 Å². The van der Waals surface area contributed by atoms with Gasteiger partial charge in [0.2, 0.25) is 6.23 Å². The minimum Gasteiger partial charge on any atom is -0.464 e. The van der Waals surface area contributed by atoms with E-state index in [4.69, 9.17) is 9.84 Å². The minimum absolute atomic E-state index is 0.153. The Hall–Kier alpha value is -2.66. The number of aromatic nitrogens is 1. The number of pyridine rings is 1. The van der Waals surface area contributed by atoms with E-state index in [0.717, 1.165) is 27.9 Å². The van der Waals surface area contributed by atoms with Gasteiger partial charge < -0.3 is 4.74 Å². The molecule has 5 rings (SSSR count). The van der Waals surface area contributed by atoms with E-state index in [1.165, 1.54) is 16.7 Å². The van der Waals surface area contributed by atoms with Crippen LogP contribution in [0.15, 0.2) is 76.6 Å². The van der Waals surface area contributed by atoms with Gasteiger partial charge in [-0.2, -0.15) is 5.10 Å². The fraction of sp³-hybridized carbons (Fsp3) is 0.182. The maximum absolute atomic E-state index is 6.36. The lowest BCUT2D eigenvalue weighted by atomic mass is 9.96. The number of rotatable bonds is 2. The lowest BCUT2D eigenvalue weighted by Gasteiger charge is -2.38. The summed E-state index contributed by atoms with van der Waals surface area (Å²) in [6, 6.07) is 18.9. The van der Waals surface area contributed by atoms with Crippen LogP contribution in [0.2, 0.25) is 0 Å². The van der Waals surface area contributed by atoms with Crippen molar-refractivity contribution in [3.05, 3.63) is 93.7 Å². The maximum atomic E-state index is 6.36. The first-order chi connectivity index (χ1) is 13.2. The molecule has 0 amide bonds. The van der Waals surface area contributed by atoms with E-state index in [2.05, 4.69) is 63.2 Å². The molecule has 3 aromatic rings. The van der Waals surface area contributed by atoms with Gasteiger partial charge in [0.05, 0.1) is 11.8 Å². The minimum atomic E-state index is -0.255. The lowest BCUT2D eigenvalue weighted by molar-refractivity contribution is -0.0191. The van der Waals surface area contributed by atoms with Crippen molar-refractivity contribution in [1.82, 2.24) is 9.99 Å². The molecule has 134 valence electrons. The fourth-order valence-corrected chi connectivity index (χ4v) is 4.11.